The second-order valence-electron chi connectivity index (χ2n) is 10.4. The molecular weight excluding hydrogens is 432 g/mol. The van der Waals surface area contributed by atoms with Crippen LogP contribution in [0.4, 0.5) is 0 Å². The molecule has 0 aromatic carbocycles. The maximum absolute atomic E-state index is 12.6. The van der Waals surface area contributed by atoms with Crippen LogP contribution in [0.15, 0.2) is 0 Å². The third-order valence-corrected chi connectivity index (χ3v) is 8.19. The number of nitrogens with one attached hydrogen (secondary N) is 1. The molecule has 1 amide bonds. The van der Waals surface area contributed by atoms with Gasteiger partial charge in [-0.3, -0.25) is 15.0 Å². The number of rotatable bonds is 5. The number of morpholine rings is 1. The smallest absolute Gasteiger partial charge is 0.308 e. The van der Waals surface area contributed by atoms with Gasteiger partial charge >= 0.3 is 5.97 Å². The number of nitrogens with zero attached hydrogens (tertiary/aromatic N) is 1. The number of fused-ring (bicyclic) bond motifs is 2. The van der Waals surface area contributed by atoms with Crippen LogP contribution in [0.3, 0.4) is 0 Å². The topological polar surface area (TPSA) is 105 Å². The number of carbonyl (C=O) groups excluding carboxylic acids is 2. The minimum Gasteiger partial charge on any atom is -0.435 e. The predicted octanol–water partition coefficient (Wildman–Crippen LogP) is 1.88. The summed E-state index contributed by atoms with van der Waals surface area (Å²) in [6.07, 6.45) is 2.32. The molecule has 5 heterocycles. The summed E-state index contributed by atoms with van der Waals surface area (Å²) < 4.78 is 23.6. The molecule has 6 fully saturated rings. The minimum absolute atomic E-state index is 0.0128. The largest absolute Gasteiger partial charge is 0.435 e. The Hall–Kier alpha value is -1.30. The Balaban J connectivity index is 1.22. The number of hydrazine groups is 1. The Morgan fingerprint density at radius 2 is 1.85 bits per heavy atom. The van der Waals surface area contributed by atoms with E-state index >= 15 is 0 Å². The van der Waals surface area contributed by atoms with Gasteiger partial charge in [0.25, 0.3) is 0 Å². The van der Waals surface area contributed by atoms with E-state index in [0.717, 1.165) is 25.7 Å². The van der Waals surface area contributed by atoms with Crippen LogP contribution >= 0.6 is 0 Å². The van der Waals surface area contributed by atoms with Gasteiger partial charge in [-0.15, -0.1) is 0 Å². The molecule has 1 spiro atoms. The van der Waals surface area contributed by atoms with E-state index in [9.17, 15) is 9.59 Å². The van der Waals surface area contributed by atoms with Crippen molar-refractivity contribution in [2.24, 2.45) is 23.7 Å². The zero-order valence-corrected chi connectivity index (χ0v) is 19.7. The summed E-state index contributed by atoms with van der Waals surface area (Å²) in [4.78, 5) is 36.7. The molecule has 1 N–H and O–H groups in total. The molecule has 33 heavy (non-hydrogen) atoms. The number of esters is 1. The molecule has 0 aromatic rings. The maximum atomic E-state index is 12.6. The molecule has 10 nitrogen and oxygen atoms in total. The van der Waals surface area contributed by atoms with E-state index in [4.69, 9.17) is 28.7 Å². The summed E-state index contributed by atoms with van der Waals surface area (Å²) in [5, 5.41) is 1.81. The molecule has 8 atom stereocenters. The van der Waals surface area contributed by atoms with Crippen LogP contribution in [0.5, 0.6) is 0 Å². The number of hydrogen-bond donors (Lipinski definition) is 1. The Kier molecular flexibility index (Phi) is 6.43. The normalized spacial score (nSPS) is 45.1. The van der Waals surface area contributed by atoms with Crippen LogP contribution in [-0.4, -0.2) is 67.2 Å². The van der Waals surface area contributed by atoms with Crippen LogP contribution in [0.25, 0.3) is 0 Å². The average Bonchev–Trinajstić information content (AvgIpc) is 3.02. The minimum atomic E-state index is -0.871. The van der Waals surface area contributed by atoms with E-state index in [0.29, 0.717) is 32.2 Å². The van der Waals surface area contributed by atoms with Crippen molar-refractivity contribution in [3.63, 3.8) is 0 Å². The Bertz CT molecular complexity index is 761. The molecule has 1 saturated carbocycles. The molecular formula is C23H36N2O8. The van der Waals surface area contributed by atoms with Gasteiger partial charge in [-0.2, -0.15) is 0 Å². The van der Waals surface area contributed by atoms with Gasteiger partial charge in [0.05, 0.1) is 19.6 Å². The van der Waals surface area contributed by atoms with E-state index in [-0.39, 0.29) is 36.5 Å². The van der Waals surface area contributed by atoms with Crippen LogP contribution in [0.1, 0.15) is 59.3 Å². The molecule has 0 radical (unpaired) electrons. The van der Waals surface area contributed by atoms with Gasteiger partial charge in [-0.05, 0) is 38.0 Å². The van der Waals surface area contributed by atoms with Gasteiger partial charge in [0.2, 0.25) is 18.0 Å². The first-order valence-corrected chi connectivity index (χ1v) is 12.3. The van der Waals surface area contributed by atoms with Gasteiger partial charge < -0.3 is 18.9 Å². The summed E-state index contributed by atoms with van der Waals surface area (Å²) in [7, 11) is 0. The van der Waals surface area contributed by atoms with Gasteiger partial charge in [0, 0.05) is 37.8 Å². The fourth-order valence-electron chi connectivity index (χ4n) is 6.32. The highest BCUT2D eigenvalue weighted by atomic mass is 17.3. The van der Waals surface area contributed by atoms with Crippen molar-refractivity contribution in [3.05, 3.63) is 0 Å². The van der Waals surface area contributed by atoms with Crippen molar-refractivity contribution in [1.82, 2.24) is 10.4 Å². The van der Waals surface area contributed by atoms with Crippen LogP contribution in [0.2, 0.25) is 0 Å². The molecule has 6 rings (SSSR count). The average molecular weight is 469 g/mol. The summed E-state index contributed by atoms with van der Waals surface area (Å²) in [5.74, 6) is -0.811. The zero-order valence-electron chi connectivity index (χ0n) is 19.7. The first kappa shape index (κ1) is 23.4. The standard InChI is InChI=1S/C23H36N2O8/c1-14-4-5-17-15(2)20(29-19(27)7-6-18(26)24-25-10-12-28-13-11-25)30-21-23(17)16(14)8-9-22(3,31-21)32-33-23/h14-17,20-21H,4-13H2,1-3H3,(H,24,26)/t14-,15-,16?,17?,20-,21-,22+,23-/m1/s1. The van der Waals surface area contributed by atoms with Crippen molar-refractivity contribution in [2.75, 3.05) is 26.3 Å². The SMILES string of the molecule is C[C@@H]1CCC2[C@@H](C)[C@H](OC(=O)CCC(=O)NN3CCOCC3)O[C@@H]3O[C@]4(C)CCC1[C@@]23OO4. The third kappa shape index (κ3) is 4.30. The van der Waals surface area contributed by atoms with Crippen LogP contribution < -0.4 is 5.43 Å². The van der Waals surface area contributed by atoms with Crippen LogP contribution in [-0.2, 0) is 38.3 Å². The lowest BCUT2D eigenvalue weighted by Gasteiger charge is -2.59. The van der Waals surface area contributed by atoms with E-state index < -0.39 is 29.9 Å². The first-order chi connectivity index (χ1) is 15.8. The van der Waals surface area contributed by atoms with E-state index in [2.05, 4.69) is 12.3 Å². The fraction of sp³-hybridized carbons (Fsp3) is 0.913. The molecule has 5 aliphatic heterocycles. The maximum Gasteiger partial charge on any atom is 0.308 e. The molecule has 6 aliphatic rings. The quantitative estimate of drug-likeness (QED) is 0.478. The first-order valence-electron chi connectivity index (χ1n) is 12.3. The van der Waals surface area contributed by atoms with Crippen LogP contribution in [0, 0.1) is 23.7 Å². The number of carbonyl (C=O) groups is 2. The van der Waals surface area contributed by atoms with Gasteiger partial charge in [0.1, 0.15) is 0 Å². The zero-order chi connectivity index (χ0) is 23.2. The predicted molar refractivity (Wildman–Crippen MR) is 113 cm³/mol. The van der Waals surface area contributed by atoms with Crippen molar-refractivity contribution < 1.29 is 38.3 Å². The molecule has 2 bridgehead atoms. The second-order valence-corrected chi connectivity index (χ2v) is 10.4. The van der Waals surface area contributed by atoms with E-state index in [1.165, 1.54) is 0 Å². The number of ether oxygens (including phenoxy) is 4. The Morgan fingerprint density at radius 1 is 1.06 bits per heavy atom. The summed E-state index contributed by atoms with van der Waals surface area (Å²) in [5.41, 5.74) is 2.12. The monoisotopic (exact) mass is 468 g/mol. The van der Waals surface area contributed by atoms with Crippen molar-refractivity contribution >= 4 is 11.9 Å². The lowest BCUT2D eigenvalue weighted by molar-refractivity contribution is -0.576. The Morgan fingerprint density at radius 3 is 2.64 bits per heavy atom. The molecule has 10 heteroatoms. The van der Waals surface area contributed by atoms with E-state index in [1.807, 2.05) is 18.9 Å². The highest BCUT2D eigenvalue weighted by Gasteiger charge is 2.69. The van der Waals surface area contributed by atoms with Gasteiger partial charge in [-0.1, -0.05) is 13.8 Å². The molecule has 0 aromatic heterocycles. The highest BCUT2D eigenvalue weighted by Crippen LogP contribution is 2.60. The molecule has 5 saturated heterocycles. The lowest BCUT2D eigenvalue weighted by Crippen LogP contribution is -2.70. The fourth-order valence-corrected chi connectivity index (χ4v) is 6.32. The summed E-state index contributed by atoms with van der Waals surface area (Å²) >= 11 is 0. The number of amides is 1. The lowest BCUT2D eigenvalue weighted by atomic mass is 9.58. The van der Waals surface area contributed by atoms with Crippen molar-refractivity contribution in [3.8, 4) is 0 Å². The highest BCUT2D eigenvalue weighted by molar-refractivity contribution is 5.80. The van der Waals surface area contributed by atoms with Gasteiger partial charge in [-0.25, -0.2) is 14.8 Å². The summed E-state index contributed by atoms with van der Waals surface area (Å²) in [6.45, 7) is 8.60. The third-order valence-electron chi connectivity index (χ3n) is 8.19. The Labute approximate surface area is 194 Å². The van der Waals surface area contributed by atoms with Crippen molar-refractivity contribution in [2.45, 2.75) is 83.3 Å². The molecule has 186 valence electrons. The summed E-state index contributed by atoms with van der Waals surface area (Å²) in [6, 6.07) is 0. The molecule has 2 unspecified atom stereocenters. The van der Waals surface area contributed by atoms with Crippen molar-refractivity contribution in [1.29, 1.82) is 0 Å². The van der Waals surface area contributed by atoms with E-state index in [1.54, 1.807) is 0 Å². The number of hydrogen-bond acceptors (Lipinski definition) is 9. The second kappa shape index (κ2) is 9.05. The van der Waals surface area contributed by atoms with Gasteiger partial charge in [0.15, 0.2) is 11.9 Å². The molecule has 1 aliphatic carbocycles.